The molecular formula is C8H13BO4. The minimum absolute atomic E-state index is 0.0764. The highest BCUT2D eigenvalue weighted by atomic mass is 16.7. The van der Waals surface area contributed by atoms with Crippen LogP contribution in [-0.2, 0) is 18.9 Å². The van der Waals surface area contributed by atoms with Gasteiger partial charge in [0.2, 0.25) is 0 Å². The summed E-state index contributed by atoms with van der Waals surface area (Å²) in [7, 11) is 8.99. The van der Waals surface area contributed by atoms with Crippen LogP contribution in [0, 0.1) is 0 Å². The summed E-state index contributed by atoms with van der Waals surface area (Å²) >= 11 is 0. The summed E-state index contributed by atoms with van der Waals surface area (Å²) in [4.78, 5) is 0. The molecule has 2 aliphatic heterocycles. The van der Waals surface area contributed by atoms with Crippen molar-refractivity contribution in [2.24, 2.45) is 0 Å². The number of hydrogen-bond donors (Lipinski definition) is 0. The molecule has 0 spiro atoms. The topological polar surface area (TPSA) is 36.9 Å². The molecule has 2 radical (unpaired) electrons. The lowest BCUT2D eigenvalue weighted by Gasteiger charge is -2.43. The predicted molar refractivity (Wildman–Crippen MR) is 45.8 cm³/mol. The summed E-state index contributed by atoms with van der Waals surface area (Å²) in [5, 5.41) is 0. The number of ether oxygens (including phenoxy) is 4. The second-order valence-electron chi connectivity index (χ2n) is 3.51. The van der Waals surface area contributed by atoms with E-state index in [-0.39, 0.29) is 17.8 Å². The standard InChI is InChI=1S/C8H13BO4/c1-10-3-8-4-12-6(8)5(11-2)7(9)13-8/h5-7H,3-4H2,1-2H3/t5-,6+,7-,8+/m1/s1. The van der Waals surface area contributed by atoms with E-state index in [0.29, 0.717) is 13.2 Å². The first-order chi connectivity index (χ1) is 6.23. The third kappa shape index (κ3) is 1.22. The van der Waals surface area contributed by atoms with Gasteiger partial charge in [-0.25, -0.2) is 0 Å². The normalized spacial score (nSPS) is 48.6. The van der Waals surface area contributed by atoms with E-state index in [1.807, 2.05) is 0 Å². The van der Waals surface area contributed by atoms with Crippen LogP contribution >= 0.6 is 0 Å². The van der Waals surface area contributed by atoms with Gasteiger partial charge in [-0.1, -0.05) is 0 Å². The quantitative estimate of drug-likeness (QED) is 0.544. The Hall–Kier alpha value is -0.0951. The van der Waals surface area contributed by atoms with E-state index in [1.54, 1.807) is 14.2 Å². The van der Waals surface area contributed by atoms with E-state index in [2.05, 4.69) is 0 Å². The van der Waals surface area contributed by atoms with Gasteiger partial charge in [-0.2, -0.15) is 0 Å². The third-order valence-corrected chi connectivity index (χ3v) is 2.68. The summed E-state index contributed by atoms with van der Waals surface area (Å²) in [5.74, 6) is 0. The van der Waals surface area contributed by atoms with E-state index in [9.17, 15) is 0 Å². The van der Waals surface area contributed by atoms with Gasteiger partial charge >= 0.3 is 0 Å². The van der Waals surface area contributed by atoms with Crippen molar-refractivity contribution in [3.63, 3.8) is 0 Å². The van der Waals surface area contributed by atoms with Crippen molar-refractivity contribution in [3.8, 4) is 0 Å². The first-order valence-corrected chi connectivity index (χ1v) is 4.30. The van der Waals surface area contributed by atoms with E-state index in [0.717, 1.165) is 0 Å². The van der Waals surface area contributed by atoms with Gasteiger partial charge in [0.1, 0.15) is 25.7 Å². The molecule has 0 aromatic carbocycles. The lowest BCUT2D eigenvalue weighted by molar-refractivity contribution is -0.244. The van der Waals surface area contributed by atoms with E-state index in [1.165, 1.54) is 0 Å². The third-order valence-electron chi connectivity index (χ3n) is 2.68. The summed E-state index contributed by atoms with van der Waals surface area (Å²) < 4.78 is 21.2. The van der Waals surface area contributed by atoms with Gasteiger partial charge in [0.25, 0.3) is 0 Å². The van der Waals surface area contributed by atoms with Crippen molar-refractivity contribution in [1.82, 2.24) is 0 Å². The van der Waals surface area contributed by atoms with Gasteiger partial charge in [0.15, 0.2) is 0 Å². The largest absolute Gasteiger partial charge is 0.381 e. The Morgan fingerprint density at radius 1 is 1.54 bits per heavy atom. The molecule has 2 saturated heterocycles. The molecule has 2 rings (SSSR count). The Balaban J connectivity index is 2.08. The highest BCUT2D eigenvalue weighted by Crippen LogP contribution is 2.41. The molecule has 0 aliphatic carbocycles. The average Bonchev–Trinajstić information content (AvgIpc) is 2.26. The minimum Gasteiger partial charge on any atom is -0.381 e. The SMILES string of the molecule is [B][C@@H]1O[C@@]2(COC)CO[C@H]2[C@H]1OC. The second-order valence-corrected chi connectivity index (χ2v) is 3.51. The predicted octanol–water partition coefficient (Wildman–Crippen LogP) is -0.690. The van der Waals surface area contributed by atoms with Crippen LogP contribution in [0.4, 0.5) is 0 Å². The van der Waals surface area contributed by atoms with Gasteiger partial charge in [-0.15, -0.1) is 0 Å². The van der Waals surface area contributed by atoms with Gasteiger partial charge < -0.3 is 18.9 Å². The van der Waals surface area contributed by atoms with Crippen LogP contribution < -0.4 is 0 Å². The molecule has 2 fully saturated rings. The molecule has 5 heteroatoms. The van der Waals surface area contributed by atoms with Gasteiger partial charge in [0.05, 0.1) is 13.2 Å². The van der Waals surface area contributed by atoms with Crippen LogP contribution in [0.15, 0.2) is 0 Å². The molecule has 2 heterocycles. The first kappa shape index (κ1) is 9.46. The van der Waals surface area contributed by atoms with Crippen LogP contribution in [-0.4, -0.2) is 59.1 Å². The summed E-state index contributed by atoms with van der Waals surface area (Å²) in [5.41, 5.74) is -0.366. The number of rotatable bonds is 3. The molecule has 0 aromatic heterocycles. The Morgan fingerprint density at radius 3 is 2.77 bits per heavy atom. The zero-order chi connectivity index (χ0) is 9.47. The highest BCUT2D eigenvalue weighted by molar-refractivity contribution is 6.11. The van der Waals surface area contributed by atoms with Crippen LogP contribution in [0.1, 0.15) is 0 Å². The molecule has 13 heavy (non-hydrogen) atoms. The van der Waals surface area contributed by atoms with Gasteiger partial charge in [0, 0.05) is 20.2 Å². The monoisotopic (exact) mass is 184 g/mol. The molecule has 0 aromatic rings. The molecule has 2 aliphatic rings. The maximum absolute atomic E-state index is 5.74. The molecular weight excluding hydrogens is 171 g/mol. The Labute approximate surface area is 78.9 Å². The fraction of sp³-hybridized carbons (Fsp3) is 1.00. The average molecular weight is 184 g/mol. The zero-order valence-corrected chi connectivity index (χ0v) is 7.86. The fourth-order valence-corrected chi connectivity index (χ4v) is 2.03. The van der Waals surface area contributed by atoms with Crippen LogP contribution in [0.25, 0.3) is 0 Å². The van der Waals surface area contributed by atoms with Crippen LogP contribution in [0.5, 0.6) is 0 Å². The van der Waals surface area contributed by atoms with Gasteiger partial charge in [-0.05, 0) is 0 Å². The van der Waals surface area contributed by atoms with Crippen molar-refractivity contribution in [3.05, 3.63) is 0 Å². The smallest absolute Gasteiger partial charge is 0.143 e. The number of hydrogen-bond acceptors (Lipinski definition) is 4. The van der Waals surface area contributed by atoms with E-state index in [4.69, 9.17) is 26.8 Å². The Morgan fingerprint density at radius 2 is 2.31 bits per heavy atom. The Kier molecular flexibility index (Phi) is 2.36. The summed E-state index contributed by atoms with van der Waals surface area (Å²) in [6.45, 7) is 1.05. The molecule has 4 nitrogen and oxygen atoms in total. The fourth-order valence-electron chi connectivity index (χ4n) is 2.03. The number of methoxy groups -OCH3 is 2. The summed E-state index contributed by atoms with van der Waals surface area (Å²) in [6, 6.07) is -0.410. The minimum atomic E-state index is -0.410. The van der Waals surface area contributed by atoms with Crippen molar-refractivity contribution >= 4 is 7.85 Å². The van der Waals surface area contributed by atoms with Gasteiger partial charge in [-0.3, -0.25) is 0 Å². The summed E-state index contributed by atoms with van der Waals surface area (Å²) in [6.07, 6.45) is -0.253. The molecule has 0 N–H and O–H groups in total. The molecule has 0 unspecified atom stereocenters. The van der Waals surface area contributed by atoms with Crippen molar-refractivity contribution in [2.45, 2.75) is 23.8 Å². The lowest BCUT2D eigenvalue weighted by atomic mass is 9.86. The van der Waals surface area contributed by atoms with Crippen molar-refractivity contribution in [1.29, 1.82) is 0 Å². The van der Waals surface area contributed by atoms with E-state index < -0.39 is 6.00 Å². The molecule has 0 saturated carbocycles. The number of fused-ring (bicyclic) bond motifs is 1. The maximum Gasteiger partial charge on any atom is 0.143 e. The van der Waals surface area contributed by atoms with E-state index >= 15 is 0 Å². The van der Waals surface area contributed by atoms with Crippen LogP contribution in [0.2, 0.25) is 0 Å². The zero-order valence-electron chi connectivity index (χ0n) is 7.86. The maximum atomic E-state index is 5.74. The molecule has 0 amide bonds. The Bertz CT molecular complexity index is 201. The van der Waals surface area contributed by atoms with Crippen molar-refractivity contribution in [2.75, 3.05) is 27.4 Å². The first-order valence-electron chi connectivity index (χ1n) is 4.30. The molecule has 0 bridgehead atoms. The lowest BCUT2D eigenvalue weighted by Crippen LogP contribution is -2.61. The van der Waals surface area contributed by atoms with Crippen LogP contribution in [0.3, 0.4) is 0 Å². The molecule has 72 valence electrons. The van der Waals surface area contributed by atoms with Crippen molar-refractivity contribution < 1.29 is 18.9 Å². The second kappa shape index (κ2) is 3.24. The highest BCUT2D eigenvalue weighted by Gasteiger charge is 2.61. The molecule has 4 atom stereocenters.